The highest BCUT2D eigenvalue weighted by Crippen LogP contribution is 2.39. The van der Waals surface area contributed by atoms with Crippen LogP contribution in [0.4, 0.5) is 0 Å². The van der Waals surface area contributed by atoms with Gasteiger partial charge in [-0.2, -0.15) is 11.1 Å². The number of hydrogen-bond acceptors (Lipinski definition) is 2. The second kappa shape index (κ2) is 5.92. The maximum atomic E-state index is 6.48. The topological polar surface area (TPSA) is 18.5 Å². The van der Waals surface area contributed by atoms with Gasteiger partial charge in [-0.3, -0.25) is 0 Å². The van der Waals surface area contributed by atoms with Crippen LogP contribution in [0.15, 0.2) is 11.2 Å². The molecule has 5 heteroatoms. The molecule has 0 spiro atoms. The van der Waals surface area contributed by atoms with E-state index in [2.05, 4.69) is 53.4 Å². The van der Waals surface area contributed by atoms with E-state index in [1.54, 1.807) is 0 Å². The Morgan fingerprint density at radius 2 is 1.63 bits per heavy atom. The largest absolute Gasteiger partial charge is 0.489 e. The summed E-state index contributed by atoms with van der Waals surface area (Å²) in [6, 6.07) is 0. The van der Waals surface area contributed by atoms with Crippen molar-refractivity contribution < 1.29 is 9.31 Å². The minimum Gasteiger partial charge on any atom is -0.400 e. The Kier molecular flexibility index (Phi) is 5.39. The fraction of sp³-hybridized carbons (Fsp3) is 0.857. The molecule has 0 bridgehead atoms. The molecule has 1 fully saturated rings. The molecule has 1 heterocycles. The molecule has 2 nitrogen and oxygen atoms in total. The van der Waals surface area contributed by atoms with E-state index >= 15 is 0 Å². The van der Waals surface area contributed by atoms with E-state index in [4.69, 9.17) is 20.4 Å². The van der Waals surface area contributed by atoms with Gasteiger partial charge in [-0.1, -0.05) is 38.6 Å². The van der Waals surface area contributed by atoms with Gasteiger partial charge in [0.1, 0.15) is 0 Å². The molecule has 1 saturated heterocycles. The van der Waals surface area contributed by atoms with Crippen molar-refractivity contribution >= 4 is 25.6 Å². The molecule has 0 unspecified atom stereocenters. The van der Waals surface area contributed by atoms with E-state index in [1.807, 2.05) is 0 Å². The van der Waals surface area contributed by atoms with Crippen LogP contribution in [0, 0.1) is 0 Å². The van der Waals surface area contributed by atoms with E-state index < -0.39 is 7.38 Å². The summed E-state index contributed by atoms with van der Waals surface area (Å²) in [5.74, 6) is 0. The molecule has 0 aromatic rings. The Labute approximate surface area is 124 Å². The average molecular weight is 303 g/mol. The van der Waals surface area contributed by atoms with Crippen molar-refractivity contribution in [2.75, 3.05) is 0 Å². The lowest BCUT2D eigenvalue weighted by molar-refractivity contribution is 0.00578. The third-order valence-electron chi connectivity index (χ3n) is 3.90. The molecule has 0 radical (unpaired) electrons. The third-order valence-corrected chi connectivity index (χ3v) is 5.29. The number of hydrogen-bond donors (Lipinski definition) is 0. The Hall–Kier alpha value is 0.232. The first-order chi connectivity index (χ1) is 8.48. The van der Waals surface area contributed by atoms with Crippen molar-refractivity contribution in [2.24, 2.45) is 0 Å². The zero-order valence-corrected chi connectivity index (χ0v) is 15.2. The normalized spacial score (nSPS) is 22.9. The van der Waals surface area contributed by atoms with Gasteiger partial charge in [0.15, 0.2) is 7.38 Å². The molecule has 0 amide bonds. The second-order valence-corrected chi connectivity index (χ2v) is 13.3. The SMILES string of the molecule is CCCC/C(=C/[Si](C)(C)Cl)B1OC(C)(C)C(C)(C)O1. The fourth-order valence-electron chi connectivity index (χ4n) is 2.07. The van der Waals surface area contributed by atoms with Gasteiger partial charge >= 0.3 is 7.12 Å². The maximum Gasteiger partial charge on any atom is 0.489 e. The van der Waals surface area contributed by atoms with Gasteiger partial charge in [0.05, 0.1) is 11.2 Å². The molecule has 0 saturated carbocycles. The first kappa shape index (κ1) is 17.3. The standard InChI is InChI=1S/C14H28BClO2Si/c1-8-9-10-12(11-19(6,7)16)15-17-13(2,3)14(4,5)18-15/h11H,8-10H2,1-7H3/b12-11-. The molecule has 0 aliphatic carbocycles. The van der Waals surface area contributed by atoms with Crippen LogP contribution < -0.4 is 0 Å². The number of unbranched alkanes of at least 4 members (excludes halogenated alkanes) is 1. The summed E-state index contributed by atoms with van der Waals surface area (Å²) in [6.45, 7) is 14.8. The molecule has 1 aliphatic heterocycles. The van der Waals surface area contributed by atoms with E-state index in [0.29, 0.717) is 0 Å². The van der Waals surface area contributed by atoms with Crippen LogP contribution in [0.2, 0.25) is 13.1 Å². The summed E-state index contributed by atoms with van der Waals surface area (Å²) in [6.07, 6.45) is 3.33. The summed E-state index contributed by atoms with van der Waals surface area (Å²) in [7, 11) is -2.01. The fourth-order valence-corrected chi connectivity index (χ4v) is 3.66. The number of rotatable bonds is 5. The Bertz CT molecular complexity index is 332. The highest BCUT2D eigenvalue weighted by Gasteiger charge is 2.52. The van der Waals surface area contributed by atoms with Gasteiger partial charge in [-0.25, -0.2) is 0 Å². The molecule has 110 valence electrons. The summed E-state index contributed by atoms with van der Waals surface area (Å²) in [4.78, 5) is 0. The number of halogens is 1. The molecule has 0 aromatic heterocycles. The summed E-state index contributed by atoms with van der Waals surface area (Å²) in [5.41, 5.74) is 2.90. The highest BCUT2D eigenvalue weighted by molar-refractivity contribution is 7.22. The Morgan fingerprint density at radius 3 is 2.00 bits per heavy atom. The lowest BCUT2D eigenvalue weighted by Crippen LogP contribution is -2.41. The Morgan fingerprint density at radius 1 is 1.16 bits per heavy atom. The zero-order chi connectivity index (χ0) is 14.9. The lowest BCUT2D eigenvalue weighted by Gasteiger charge is -2.32. The first-order valence-electron chi connectivity index (χ1n) is 7.25. The van der Waals surface area contributed by atoms with Crippen molar-refractivity contribution in [1.82, 2.24) is 0 Å². The minimum atomic E-state index is -1.78. The van der Waals surface area contributed by atoms with Crippen molar-refractivity contribution in [3.05, 3.63) is 11.2 Å². The third kappa shape index (κ3) is 4.62. The molecular formula is C14H28BClO2Si. The van der Waals surface area contributed by atoms with Gasteiger partial charge in [0.25, 0.3) is 0 Å². The minimum absolute atomic E-state index is 0.234. The number of allylic oxidation sites excluding steroid dienone is 1. The molecule has 0 aromatic carbocycles. The quantitative estimate of drug-likeness (QED) is 0.540. The molecule has 19 heavy (non-hydrogen) atoms. The summed E-state index contributed by atoms with van der Waals surface area (Å²) < 4.78 is 12.3. The van der Waals surface area contributed by atoms with E-state index in [0.717, 1.165) is 12.8 Å². The van der Waals surface area contributed by atoms with Gasteiger partial charge < -0.3 is 9.31 Å². The van der Waals surface area contributed by atoms with Crippen LogP contribution >= 0.6 is 11.1 Å². The Balaban J connectivity index is 2.93. The van der Waals surface area contributed by atoms with Gasteiger partial charge in [-0.15, -0.1) is 0 Å². The van der Waals surface area contributed by atoms with Crippen molar-refractivity contribution in [2.45, 2.75) is 78.2 Å². The van der Waals surface area contributed by atoms with Crippen LogP contribution in [0.5, 0.6) is 0 Å². The van der Waals surface area contributed by atoms with Gasteiger partial charge in [0.2, 0.25) is 0 Å². The van der Waals surface area contributed by atoms with E-state index in [1.165, 1.54) is 11.9 Å². The molecule has 0 N–H and O–H groups in total. The predicted octanol–water partition coefficient (Wildman–Crippen LogP) is 4.72. The van der Waals surface area contributed by atoms with Crippen LogP contribution in [-0.4, -0.2) is 25.7 Å². The highest BCUT2D eigenvalue weighted by atomic mass is 35.6. The van der Waals surface area contributed by atoms with Crippen LogP contribution in [0.25, 0.3) is 0 Å². The molecular weight excluding hydrogens is 275 g/mol. The van der Waals surface area contributed by atoms with Crippen molar-refractivity contribution in [3.8, 4) is 0 Å². The molecule has 1 rings (SSSR count). The van der Waals surface area contributed by atoms with E-state index in [9.17, 15) is 0 Å². The smallest absolute Gasteiger partial charge is 0.400 e. The predicted molar refractivity (Wildman–Crippen MR) is 87.0 cm³/mol. The van der Waals surface area contributed by atoms with Crippen LogP contribution in [-0.2, 0) is 9.31 Å². The first-order valence-corrected chi connectivity index (χ1v) is 11.3. The lowest BCUT2D eigenvalue weighted by atomic mass is 9.76. The monoisotopic (exact) mass is 302 g/mol. The second-order valence-electron chi connectivity index (χ2n) is 6.98. The summed E-state index contributed by atoms with van der Waals surface area (Å²) >= 11 is 6.48. The van der Waals surface area contributed by atoms with Gasteiger partial charge in [-0.05, 0) is 39.6 Å². The van der Waals surface area contributed by atoms with Crippen molar-refractivity contribution in [1.29, 1.82) is 0 Å². The van der Waals surface area contributed by atoms with Gasteiger partial charge in [0, 0.05) is 0 Å². The van der Waals surface area contributed by atoms with E-state index in [-0.39, 0.29) is 18.3 Å². The van der Waals surface area contributed by atoms with Crippen molar-refractivity contribution in [3.63, 3.8) is 0 Å². The van der Waals surface area contributed by atoms with Crippen LogP contribution in [0.1, 0.15) is 53.9 Å². The molecule has 0 atom stereocenters. The molecule has 1 aliphatic rings. The maximum absolute atomic E-state index is 6.48. The summed E-state index contributed by atoms with van der Waals surface area (Å²) in [5, 5.41) is 0. The zero-order valence-electron chi connectivity index (χ0n) is 13.5. The average Bonchev–Trinajstić information content (AvgIpc) is 2.41. The van der Waals surface area contributed by atoms with Crippen LogP contribution in [0.3, 0.4) is 0 Å².